The summed E-state index contributed by atoms with van der Waals surface area (Å²) >= 11 is 6.30. The second-order valence-corrected chi connectivity index (χ2v) is 11.8. The summed E-state index contributed by atoms with van der Waals surface area (Å²) in [5.74, 6) is 0.676. The van der Waals surface area contributed by atoms with Crippen LogP contribution in [0.4, 0.5) is 5.69 Å². The molecule has 2 aliphatic carbocycles. The number of rotatable bonds is 4. The van der Waals surface area contributed by atoms with Crippen molar-refractivity contribution in [1.82, 2.24) is 4.72 Å². The fourth-order valence-corrected chi connectivity index (χ4v) is 6.70. The van der Waals surface area contributed by atoms with Gasteiger partial charge >= 0.3 is 0 Å². The van der Waals surface area contributed by atoms with Crippen molar-refractivity contribution in [2.75, 3.05) is 24.6 Å². The van der Waals surface area contributed by atoms with E-state index in [1.54, 1.807) is 12.1 Å². The van der Waals surface area contributed by atoms with E-state index in [9.17, 15) is 13.2 Å². The first-order chi connectivity index (χ1) is 15.8. The molecule has 1 amide bonds. The van der Waals surface area contributed by atoms with E-state index in [-0.39, 0.29) is 10.3 Å². The molecule has 1 N–H and O–H groups in total. The highest BCUT2D eigenvalue weighted by Gasteiger charge is 2.42. The highest BCUT2D eigenvalue weighted by atomic mass is 35.5. The van der Waals surface area contributed by atoms with Gasteiger partial charge in [-0.15, -0.1) is 0 Å². The summed E-state index contributed by atoms with van der Waals surface area (Å²) in [7, 11) is -3.93. The van der Waals surface area contributed by atoms with Crippen molar-refractivity contribution < 1.29 is 17.9 Å². The fraction of sp³-hybridized carbons (Fsp3) is 0.480. The first-order valence-corrected chi connectivity index (χ1v) is 13.5. The Hall–Kier alpha value is -2.25. The molecule has 0 unspecified atom stereocenters. The van der Waals surface area contributed by atoms with Crippen molar-refractivity contribution >= 4 is 33.2 Å². The Bertz CT molecular complexity index is 1190. The molecule has 0 bridgehead atoms. The molecule has 0 radical (unpaired) electrons. The third-order valence-corrected chi connectivity index (χ3v) is 8.97. The molecular weight excluding hydrogens is 460 g/mol. The molecule has 1 heterocycles. The number of nitrogens with zero attached hydrogens (tertiary/aromatic N) is 1. The molecule has 0 saturated heterocycles. The van der Waals surface area contributed by atoms with Crippen molar-refractivity contribution in [3.8, 4) is 5.75 Å². The highest BCUT2D eigenvalue weighted by Crippen LogP contribution is 2.45. The quantitative estimate of drug-likeness (QED) is 0.688. The summed E-state index contributed by atoms with van der Waals surface area (Å²) in [5.41, 5.74) is 3.17. The lowest BCUT2D eigenvalue weighted by atomic mass is 9.70. The zero-order chi connectivity index (χ0) is 23.2. The van der Waals surface area contributed by atoms with E-state index in [0.29, 0.717) is 18.3 Å². The molecule has 2 aromatic rings. The predicted octanol–water partition coefficient (Wildman–Crippen LogP) is 4.44. The number of hydrogen-bond acceptors (Lipinski definition) is 5. The van der Waals surface area contributed by atoms with Crippen molar-refractivity contribution in [1.29, 1.82) is 0 Å². The predicted molar refractivity (Wildman–Crippen MR) is 129 cm³/mol. The number of hydrogen-bond donors (Lipinski definition) is 1. The van der Waals surface area contributed by atoms with Crippen LogP contribution >= 0.6 is 11.6 Å². The Morgan fingerprint density at radius 3 is 2.76 bits per heavy atom. The molecule has 2 aromatic carbocycles. The van der Waals surface area contributed by atoms with Crippen LogP contribution in [0.3, 0.4) is 0 Å². The Morgan fingerprint density at radius 1 is 1.21 bits per heavy atom. The lowest BCUT2D eigenvalue weighted by Gasteiger charge is -2.42. The van der Waals surface area contributed by atoms with Crippen LogP contribution in [0.2, 0.25) is 5.02 Å². The number of benzene rings is 2. The molecule has 33 heavy (non-hydrogen) atoms. The third-order valence-electron chi connectivity index (χ3n) is 7.30. The fourth-order valence-electron chi connectivity index (χ4n) is 5.50. The van der Waals surface area contributed by atoms with E-state index >= 15 is 0 Å². The van der Waals surface area contributed by atoms with Gasteiger partial charge in [-0.1, -0.05) is 24.1 Å². The van der Waals surface area contributed by atoms with Crippen molar-refractivity contribution in [2.24, 2.45) is 5.92 Å². The normalized spacial score (nSPS) is 22.5. The van der Waals surface area contributed by atoms with E-state index in [2.05, 4.69) is 21.8 Å². The number of carbonyl (C=O) groups excluding carboxylic acids is 1. The zero-order valence-electron chi connectivity index (χ0n) is 18.8. The number of halogens is 1. The topological polar surface area (TPSA) is 75.7 Å². The van der Waals surface area contributed by atoms with Gasteiger partial charge in [-0.25, -0.2) is 13.1 Å². The molecule has 1 atom stereocenters. The van der Waals surface area contributed by atoms with E-state index in [0.717, 1.165) is 43.1 Å². The monoisotopic (exact) mass is 488 g/mol. The van der Waals surface area contributed by atoms with Crippen LogP contribution in [-0.4, -0.2) is 34.0 Å². The SMILES string of the molecule is CC(=O)NS(=O)(=O)c1ccc2c(c1)N(CC1CCC1)C[C@@]1(CCCc3cc(Cl)ccc31)CO2. The average Bonchev–Trinajstić information content (AvgIpc) is 2.87. The molecule has 1 aliphatic heterocycles. The van der Waals surface area contributed by atoms with Gasteiger partial charge in [0, 0.05) is 30.5 Å². The van der Waals surface area contributed by atoms with Crippen LogP contribution in [0.25, 0.3) is 0 Å². The number of carbonyl (C=O) groups is 1. The van der Waals surface area contributed by atoms with Gasteiger partial charge in [-0.05, 0) is 79.5 Å². The molecule has 1 saturated carbocycles. The summed E-state index contributed by atoms with van der Waals surface area (Å²) in [4.78, 5) is 13.8. The van der Waals surface area contributed by atoms with Gasteiger partial charge in [0.25, 0.3) is 10.0 Å². The minimum Gasteiger partial charge on any atom is -0.490 e. The number of nitrogens with one attached hydrogen (secondary N) is 1. The maximum atomic E-state index is 12.7. The van der Waals surface area contributed by atoms with E-state index in [4.69, 9.17) is 16.3 Å². The molecule has 1 spiro atoms. The molecule has 3 aliphatic rings. The Labute approximate surface area is 200 Å². The lowest BCUT2D eigenvalue weighted by Crippen LogP contribution is -2.47. The average molecular weight is 489 g/mol. The van der Waals surface area contributed by atoms with Crippen LogP contribution in [0.5, 0.6) is 5.75 Å². The van der Waals surface area contributed by atoms with E-state index < -0.39 is 15.9 Å². The summed E-state index contributed by atoms with van der Waals surface area (Å²) in [6, 6.07) is 11.1. The number of amides is 1. The Kier molecular flexibility index (Phi) is 5.81. The number of aryl methyl sites for hydroxylation is 1. The zero-order valence-corrected chi connectivity index (χ0v) is 20.3. The lowest BCUT2D eigenvalue weighted by molar-refractivity contribution is -0.117. The summed E-state index contributed by atoms with van der Waals surface area (Å²) in [6.45, 7) is 3.36. The second-order valence-electron chi connectivity index (χ2n) is 9.69. The van der Waals surface area contributed by atoms with Gasteiger partial charge in [0.1, 0.15) is 5.75 Å². The number of ether oxygens (including phenoxy) is 1. The van der Waals surface area contributed by atoms with Crippen LogP contribution in [0.15, 0.2) is 41.3 Å². The van der Waals surface area contributed by atoms with Crippen molar-refractivity contribution in [3.63, 3.8) is 0 Å². The minimum absolute atomic E-state index is 0.0745. The van der Waals surface area contributed by atoms with Gasteiger partial charge in [0.15, 0.2) is 0 Å². The van der Waals surface area contributed by atoms with Crippen LogP contribution in [0, 0.1) is 5.92 Å². The van der Waals surface area contributed by atoms with Gasteiger partial charge in [-0.2, -0.15) is 0 Å². The number of sulfonamides is 1. The minimum atomic E-state index is -3.93. The maximum absolute atomic E-state index is 12.7. The summed E-state index contributed by atoms with van der Waals surface area (Å²) < 4.78 is 33.9. The molecule has 8 heteroatoms. The Morgan fingerprint density at radius 2 is 2.03 bits per heavy atom. The molecule has 0 aromatic heterocycles. The molecule has 6 nitrogen and oxygen atoms in total. The van der Waals surface area contributed by atoms with E-state index in [1.807, 2.05) is 6.07 Å². The standard InChI is InChI=1S/C25H29ClN2O4S/c1-17(29)27-33(30,31)21-8-10-24-23(13-21)28(14-18-4-2-5-18)15-25(16-32-24)11-3-6-19-12-20(26)7-9-22(19)25/h7-10,12-13,18H,2-6,11,14-16H2,1H3,(H,27,29)/t25-/m0/s1. The summed E-state index contributed by atoms with van der Waals surface area (Å²) in [6.07, 6.45) is 6.70. The highest BCUT2D eigenvalue weighted by molar-refractivity contribution is 7.90. The van der Waals surface area contributed by atoms with Gasteiger partial charge in [-0.3, -0.25) is 4.79 Å². The van der Waals surface area contributed by atoms with Crippen LogP contribution in [0.1, 0.15) is 50.2 Å². The van der Waals surface area contributed by atoms with Crippen molar-refractivity contribution in [2.45, 2.75) is 55.8 Å². The largest absolute Gasteiger partial charge is 0.490 e. The molecule has 176 valence electrons. The maximum Gasteiger partial charge on any atom is 0.264 e. The van der Waals surface area contributed by atoms with E-state index in [1.165, 1.54) is 43.4 Å². The molecular formula is C25H29ClN2O4S. The first kappa shape index (κ1) is 22.5. The smallest absolute Gasteiger partial charge is 0.264 e. The van der Waals surface area contributed by atoms with Gasteiger partial charge in [0.05, 0.1) is 17.2 Å². The molecule has 1 fully saturated rings. The number of anilines is 1. The first-order valence-electron chi connectivity index (χ1n) is 11.6. The third kappa shape index (κ3) is 4.33. The second kappa shape index (κ2) is 8.51. The molecule has 5 rings (SSSR count). The Balaban J connectivity index is 1.57. The van der Waals surface area contributed by atoms with Gasteiger partial charge < -0.3 is 9.64 Å². The van der Waals surface area contributed by atoms with Crippen LogP contribution in [-0.2, 0) is 26.7 Å². The van der Waals surface area contributed by atoms with Crippen LogP contribution < -0.4 is 14.4 Å². The number of fused-ring (bicyclic) bond motifs is 3. The summed E-state index contributed by atoms with van der Waals surface area (Å²) in [5, 5.41) is 0.753. The van der Waals surface area contributed by atoms with Crippen molar-refractivity contribution in [3.05, 3.63) is 52.5 Å². The van der Waals surface area contributed by atoms with Gasteiger partial charge in [0.2, 0.25) is 5.91 Å².